The third-order valence-corrected chi connectivity index (χ3v) is 5.63. The molecule has 0 aliphatic carbocycles. The number of fused-ring (bicyclic) bond motifs is 2. The molecule has 1 atom stereocenters. The molecule has 5 rings (SSSR count). The van der Waals surface area contributed by atoms with Crippen LogP contribution in [0.2, 0.25) is 0 Å². The summed E-state index contributed by atoms with van der Waals surface area (Å²) in [5.41, 5.74) is 6.43. The summed E-state index contributed by atoms with van der Waals surface area (Å²) in [5, 5.41) is 7.49. The lowest BCUT2D eigenvalue weighted by Crippen LogP contribution is -2.33. The number of aryl methyl sites for hydroxylation is 1. The van der Waals surface area contributed by atoms with Gasteiger partial charge in [0.1, 0.15) is 22.7 Å². The number of aromatic nitrogens is 6. The van der Waals surface area contributed by atoms with Crippen molar-refractivity contribution >= 4 is 28.6 Å². The quantitative estimate of drug-likeness (QED) is 0.486. The van der Waals surface area contributed by atoms with Gasteiger partial charge in [-0.05, 0) is 31.2 Å². The molecule has 4 aromatic rings. The zero-order valence-corrected chi connectivity index (χ0v) is 17.3. The summed E-state index contributed by atoms with van der Waals surface area (Å²) in [6.07, 6.45) is -2.37. The summed E-state index contributed by atoms with van der Waals surface area (Å²) in [5.74, 6) is -0.0434. The highest BCUT2D eigenvalue weighted by atomic mass is 19.4. The molecule has 0 saturated heterocycles. The van der Waals surface area contributed by atoms with E-state index in [-0.39, 0.29) is 34.7 Å². The van der Waals surface area contributed by atoms with Crippen LogP contribution in [-0.2, 0) is 16.8 Å². The lowest BCUT2D eigenvalue weighted by Gasteiger charge is -2.21. The van der Waals surface area contributed by atoms with Crippen molar-refractivity contribution < 1.29 is 18.0 Å². The Hall–Kier alpha value is -4.09. The first-order valence-corrected chi connectivity index (χ1v) is 9.98. The minimum Gasteiger partial charge on any atom is -0.383 e. The molecular weight excluding hydrogens is 437 g/mol. The zero-order valence-electron chi connectivity index (χ0n) is 17.3. The number of alkyl halides is 3. The second kappa shape index (κ2) is 7.22. The SMILES string of the molecule is CC1(c2ccccn2)C(=O)Nc2nc(-c3nn(CCC(F)(F)F)c4ncccc34)nc(N)c21. The number of amides is 1. The molecule has 3 N–H and O–H groups in total. The van der Waals surface area contributed by atoms with Gasteiger partial charge in [0.15, 0.2) is 11.5 Å². The Morgan fingerprint density at radius 1 is 1.12 bits per heavy atom. The third kappa shape index (κ3) is 3.34. The molecule has 0 spiro atoms. The van der Waals surface area contributed by atoms with E-state index < -0.39 is 24.6 Å². The van der Waals surface area contributed by atoms with Crippen molar-refractivity contribution in [1.82, 2.24) is 29.7 Å². The third-order valence-electron chi connectivity index (χ3n) is 5.63. The molecule has 0 fully saturated rings. The van der Waals surface area contributed by atoms with Crippen LogP contribution in [0.1, 0.15) is 24.6 Å². The van der Waals surface area contributed by atoms with Crippen molar-refractivity contribution in [3.8, 4) is 11.5 Å². The van der Waals surface area contributed by atoms with Crippen LogP contribution >= 0.6 is 0 Å². The lowest BCUT2D eigenvalue weighted by molar-refractivity contribution is -0.137. The summed E-state index contributed by atoms with van der Waals surface area (Å²) in [6.45, 7) is 1.27. The lowest BCUT2D eigenvalue weighted by atomic mass is 9.81. The number of nitrogens with one attached hydrogen (secondary N) is 1. The number of carbonyl (C=O) groups is 1. The van der Waals surface area contributed by atoms with Crippen LogP contribution in [0, 0.1) is 0 Å². The maximum Gasteiger partial charge on any atom is 0.390 e. The van der Waals surface area contributed by atoms with E-state index in [1.807, 2.05) is 0 Å². The Morgan fingerprint density at radius 2 is 1.91 bits per heavy atom. The zero-order chi connectivity index (χ0) is 23.4. The fraction of sp³-hybridized carbons (Fsp3) is 0.238. The molecule has 0 saturated carbocycles. The van der Waals surface area contributed by atoms with Gasteiger partial charge in [-0.1, -0.05) is 6.07 Å². The molecule has 0 aromatic carbocycles. The molecule has 0 radical (unpaired) electrons. The average molecular weight is 454 g/mol. The van der Waals surface area contributed by atoms with Crippen molar-refractivity contribution in [1.29, 1.82) is 0 Å². The summed E-state index contributed by atoms with van der Waals surface area (Å²) in [4.78, 5) is 30.2. The smallest absolute Gasteiger partial charge is 0.383 e. The summed E-state index contributed by atoms with van der Waals surface area (Å²) in [7, 11) is 0. The summed E-state index contributed by atoms with van der Waals surface area (Å²) >= 11 is 0. The fourth-order valence-corrected chi connectivity index (χ4v) is 3.98. The number of anilines is 2. The van der Waals surface area contributed by atoms with Gasteiger partial charge in [0.2, 0.25) is 5.91 Å². The molecule has 1 aliphatic heterocycles. The molecule has 9 nitrogen and oxygen atoms in total. The van der Waals surface area contributed by atoms with Gasteiger partial charge in [-0.25, -0.2) is 19.6 Å². The molecule has 0 bridgehead atoms. The standard InChI is InChI=1S/C21H17F3N8O/c1-20(12-6-2-3-8-26-12)13-15(25)28-17(29-16(13)30-19(20)33)14-11-5-4-9-27-18(11)32(31-14)10-7-21(22,23)24/h2-6,8-9H,7,10H2,1H3,(H3,25,28,29,30,33). The molecule has 12 heteroatoms. The van der Waals surface area contributed by atoms with E-state index in [0.717, 1.165) is 0 Å². The molecule has 33 heavy (non-hydrogen) atoms. The molecule has 1 aliphatic rings. The minimum absolute atomic E-state index is 0.0448. The Bertz CT molecular complexity index is 1390. The Morgan fingerprint density at radius 3 is 2.64 bits per heavy atom. The van der Waals surface area contributed by atoms with Gasteiger partial charge < -0.3 is 11.1 Å². The van der Waals surface area contributed by atoms with E-state index >= 15 is 0 Å². The topological polar surface area (TPSA) is 125 Å². The van der Waals surface area contributed by atoms with Gasteiger partial charge >= 0.3 is 6.18 Å². The molecular formula is C21H17F3N8O. The molecule has 1 unspecified atom stereocenters. The van der Waals surface area contributed by atoms with Gasteiger partial charge in [0.05, 0.1) is 29.6 Å². The number of hydrogen-bond acceptors (Lipinski definition) is 7. The highest BCUT2D eigenvalue weighted by molar-refractivity contribution is 6.09. The van der Waals surface area contributed by atoms with E-state index in [9.17, 15) is 18.0 Å². The molecule has 4 aromatic heterocycles. The largest absolute Gasteiger partial charge is 0.390 e. The highest BCUT2D eigenvalue weighted by Crippen LogP contribution is 2.44. The number of nitrogens with zero attached hydrogens (tertiary/aromatic N) is 6. The van der Waals surface area contributed by atoms with Crippen LogP contribution < -0.4 is 11.1 Å². The number of rotatable bonds is 4. The Labute approximate surface area is 184 Å². The first kappa shape index (κ1) is 20.8. The van der Waals surface area contributed by atoms with Crippen molar-refractivity contribution in [3.05, 3.63) is 54.0 Å². The van der Waals surface area contributed by atoms with E-state index in [2.05, 4.69) is 30.4 Å². The van der Waals surface area contributed by atoms with Gasteiger partial charge in [-0.3, -0.25) is 9.78 Å². The van der Waals surface area contributed by atoms with Gasteiger partial charge in [0, 0.05) is 12.4 Å². The van der Waals surface area contributed by atoms with E-state index in [0.29, 0.717) is 16.6 Å². The van der Waals surface area contributed by atoms with Crippen molar-refractivity contribution in [3.63, 3.8) is 0 Å². The summed E-state index contributed by atoms with van der Waals surface area (Å²) in [6, 6.07) is 8.51. The maximum absolute atomic E-state index is 12.9. The van der Waals surface area contributed by atoms with Gasteiger partial charge in [-0.15, -0.1) is 0 Å². The fourth-order valence-electron chi connectivity index (χ4n) is 3.98. The van der Waals surface area contributed by atoms with Gasteiger partial charge in [-0.2, -0.15) is 18.3 Å². The molecule has 168 valence electrons. The number of nitrogens with two attached hydrogens (primary N) is 1. The Balaban J connectivity index is 1.63. The predicted molar refractivity (Wildman–Crippen MR) is 113 cm³/mol. The Kier molecular flexibility index (Phi) is 4.55. The highest BCUT2D eigenvalue weighted by Gasteiger charge is 2.48. The molecule has 5 heterocycles. The van der Waals surface area contributed by atoms with Crippen LogP contribution in [0.4, 0.5) is 24.8 Å². The number of pyridine rings is 2. The predicted octanol–water partition coefficient (Wildman–Crippen LogP) is 3.08. The van der Waals surface area contributed by atoms with Gasteiger partial charge in [0.25, 0.3) is 0 Å². The van der Waals surface area contributed by atoms with Crippen LogP contribution in [0.5, 0.6) is 0 Å². The van der Waals surface area contributed by atoms with Crippen LogP contribution in [0.25, 0.3) is 22.6 Å². The number of hydrogen-bond donors (Lipinski definition) is 2. The van der Waals surface area contributed by atoms with E-state index in [1.165, 1.54) is 10.9 Å². The van der Waals surface area contributed by atoms with Crippen LogP contribution in [-0.4, -0.2) is 41.8 Å². The van der Waals surface area contributed by atoms with Crippen LogP contribution in [0.15, 0.2) is 42.7 Å². The van der Waals surface area contributed by atoms with Crippen molar-refractivity contribution in [2.24, 2.45) is 0 Å². The van der Waals surface area contributed by atoms with E-state index in [4.69, 9.17) is 5.73 Å². The van der Waals surface area contributed by atoms with Crippen molar-refractivity contribution in [2.45, 2.75) is 31.5 Å². The summed E-state index contributed by atoms with van der Waals surface area (Å²) < 4.78 is 39.5. The maximum atomic E-state index is 12.9. The molecule has 1 amide bonds. The first-order valence-electron chi connectivity index (χ1n) is 9.98. The first-order chi connectivity index (χ1) is 15.7. The van der Waals surface area contributed by atoms with E-state index in [1.54, 1.807) is 43.5 Å². The normalized spacial score (nSPS) is 17.9. The van der Waals surface area contributed by atoms with Crippen molar-refractivity contribution in [2.75, 3.05) is 11.1 Å². The number of nitrogen functional groups attached to an aromatic ring is 1. The monoisotopic (exact) mass is 454 g/mol. The number of halogens is 3. The number of carbonyl (C=O) groups excluding carboxylic acids is 1. The average Bonchev–Trinajstić information content (AvgIpc) is 3.28. The minimum atomic E-state index is -4.35. The second-order valence-electron chi connectivity index (χ2n) is 7.76. The van der Waals surface area contributed by atoms with Crippen LogP contribution in [0.3, 0.4) is 0 Å². The second-order valence-corrected chi connectivity index (χ2v) is 7.76.